The van der Waals surface area contributed by atoms with Crippen LogP contribution in [-0.2, 0) is 20.7 Å². The predicted octanol–water partition coefficient (Wildman–Crippen LogP) is 2.64. The molecule has 1 aliphatic heterocycles. The highest BCUT2D eigenvalue weighted by Gasteiger charge is 2.34. The van der Waals surface area contributed by atoms with Crippen molar-refractivity contribution in [1.29, 1.82) is 0 Å². The van der Waals surface area contributed by atoms with E-state index in [1.165, 1.54) is 0 Å². The third-order valence-electron chi connectivity index (χ3n) is 4.41. The first-order valence-corrected chi connectivity index (χ1v) is 8.93. The van der Waals surface area contributed by atoms with E-state index in [0.717, 1.165) is 11.1 Å². The highest BCUT2D eigenvalue weighted by molar-refractivity contribution is 6.30. The third-order valence-corrected chi connectivity index (χ3v) is 4.66. The van der Waals surface area contributed by atoms with Crippen LogP contribution in [0.25, 0.3) is 0 Å². The lowest BCUT2D eigenvalue weighted by atomic mass is 10.0. The van der Waals surface area contributed by atoms with Crippen LogP contribution in [-0.4, -0.2) is 30.6 Å². The zero-order valence-corrected chi connectivity index (χ0v) is 15.2. The summed E-state index contributed by atoms with van der Waals surface area (Å²) >= 11 is 5.89. The first-order chi connectivity index (χ1) is 12.5. The minimum Gasteiger partial charge on any atom is -0.462 e. The van der Waals surface area contributed by atoms with E-state index in [4.69, 9.17) is 16.3 Å². The number of carbonyl (C=O) groups excluding carboxylic acids is 2. The van der Waals surface area contributed by atoms with Gasteiger partial charge in [-0.3, -0.25) is 14.9 Å². The Hall–Kier alpha value is -2.37. The Labute approximate surface area is 157 Å². The van der Waals surface area contributed by atoms with E-state index in [9.17, 15) is 9.59 Å². The number of ether oxygens (including phenoxy) is 1. The fourth-order valence-electron chi connectivity index (χ4n) is 2.91. The lowest BCUT2D eigenvalue weighted by Gasteiger charge is -2.30. The molecule has 5 nitrogen and oxygen atoms in total. The molecule has 2 N–H and O–H groups in total. The summed E-state index contributed by atoms with van der Waals surface area (Å²) in [6.45, 7) is 1.95. The summed E-state index contributed by atoms with van der Waals surface area (Å²) in [5, 5.41) is 6.70. The molecule has 1 heterocycles. The summed E-state index contributed by atoms with van der Waals surface area (Å²) in [4.78, 5) is 24.6. The van der Waals surface area contributed by atoms with Gasteiger partial charge in [0.1, 0.15) is 18.7 Å². The quantitative estimate of drug-likeness (QED) is 0.792. The van der Waals surface area contributed by atoms with Crippen molar-refractivity contribution >= 4 is 23.5 Å². The highest BCUT2D eigenvalue weighted by atomic mass is 35.5. The Balaban J connectivity index is 1.60. The highest BCUT2D eigenvalue weighted by Crippen LogP contribution is 2.15. The molecule has 3 rings (SSSR count). The summed E-state index contributed by atoms with van der Waals surface area (Å²) in [5.74, 6) is -0.532. The van der Waals surface area contributed by atoms with Gasteiger partial charge in [-0.05, 0) is 36.6 Å². The van der Waals surface area contributed by atoms with Crippen LogP contribution in [0.4, 0.5) is 0 Å². The second-order valence-corrected chi connectivity index (χ2v) is 6.81. The van der Waals surface area contributed by atoms with Gasteiger partial charge in [0.15, 0.2) is 0 Å². The number of benzene rings is 2. The molecule has 0 bridgehead atoms. The molecule has 26 heavy (non-hydrogen) atoms. The summed E-state index contributed by atoms with van der Waals surface area (Å²) in [5.41, 5.74) is 1.97. The van der Waals surface area contributed by atoms with Crippen LogP contribution in [0, 0.1) is 0 Å². The molecular weight excluding hydrogens is 352 g/mol. The number of rotatable bonds is 5. The number of hydrogen-bond donors (Lipinski definition) is 2. The normalized spacial score (nSPS) is 20.9. The van der Waals surface area contributed by atoms with E-state index in [-0.39, 0.29) is 24.5 Å². The van der Waals surface area contributed by atoms with Gasteiger partial charge in [-0.1, -0.05) is 54.1 Å². The van der Waals surface area contributed by atoms with Gasteiger partial charge in [0.2, 0.25) is 5.91 Å². The largest absolute Gasteiger partial charge is 0.462 e. The van der Waals surface area contributed by atoms with Crippen LogP contribution < -0.4 is 10.6 Å². The molecule has 0 saturated carbocycles. The van der Waals surface area contributed by atoms with E-state index in [2.05, 4.69) is 10.6 Å². The standard InChI is InChI=1S/C20H21ClN2O3/c1-13(15-5-3-2-4-6-15)22-19(24)18-12-26-20(25)17(23-18)11-14-7-9-16(21)10-8-14/h2-10,13,17-18,23H,11-12H2,1H3,(H,22,24). The Morgan fingerprint density at radius 3 is 2.62 bits per heavy atom. The first kappa shape index (κ1) is 18.4. The molecule has 2 aromatic rings. The van der Waals surface area contributed by atoms with Crippen molar-refractivity contribution < 1.29 is 14.3 Å². The summed E-state index contributed by atoms with van der Waals surface area (Å²) in [7, 11) is 0. The summed E-state index contributed by atoms with van der Waals surface area (Å²) < 4.78 is 5.22. The number of hydrogen-bond acceptors (Lipinski definition) is 4. The number of esters is 1. The zero-order chi connectivity index (χ0) is 18.5. The molecule has 1 aliphatic rings. The van der Waals surface area contributed by atoms with Gasteiger partial charge in [-0.15, -0.1) is 0 Å². The van der Waals surface area contributed by atoms with Crippen LogP contribution in [0.5, 0.6) is 0 Å². The van der Waals surface area contributed by atoms with E-state index < -0.39 is 12.1 Å². The monoisotopic (exact) mass is 372 g/mol. The van der Waals surface area contributed by atoms with Crippen molar-refractivity contribution in [1.82, 2.24) is 10.6 Å². The Bertz CT molecular complexity index is 764. The van der Waals surface area contributed by atoms with Crippen molar-refractivity contribution in [2.75, 3.05) is 6.61 Å². The minimum absolute atomic E-state index is 0.0310. The maximum absolute atomic E-state index is 12.5. The molecular formula is C20H21ClN2O3. The van der Waals surface area contributed by atoms with Gasteiger partial charge >= 0.3 is 5.97 Å². The fraction of sp³-hybridized carbons (Fsp3) is 0.300. The molecule has 3 atom stereocenters. The molecule has 0 spiro atoms. The van der Waals surface area contributed by atoms with E-state index in [1.807, 2.05) is 49.4 Å². The molecule has 6 heteroatoms. The van der Waals surface area contributed by atoms with Crippen LogP contribution in [0.3, 0.4) is 0 Å². The smallest absolute Gasteiger partial charge is 0.323 e. The SMILES string of the molecule is CC(NC(=O)C1COC(=O)C(Cc2ccc(Cl)cc2)N1)c1ccccc1. The molecule has 0 aromatic heterocycles. The maximum atomic E-state index is 12.5. The van der Waals surface area contributed by atoms with Gasteiger partial charge in [0.05, 0.1) is 6.04 Å². The van der Waals surface area contributed by atoms with Gasteiger partial charge in [-0.25, -0.2) is 0 Å². The molecule has 3 unspecified atom stereocenters. The van der Waals surface area contributed by atoms with E-state index in [0.29, 0.717) is 11.4 Å². The van der Waals surface area contributed by atoms with Crippen LogP contribution in [0.1, 0.15) is 24.1 Å². The summed E-state index contributed by atoms with van der Waals surface area (Å²) in [6.07, 6.45) is 0.439. The molecule has 0 aliphatic carbocycles. The van der Waals surface area contributed by atoms with Crippen molar-refractivity contribution in [3.63, 3.8) is 0 Å². The molecule has 1 fully saturated rings. The second kappa shape index (κ2) is 8.34. The molecule has 136 valence electrons. The van der Waals surface area contributed by atoms with Crippen molar-refractivity contribution in [2.24, 2.45) is 0 Å². The van der Waals surface area contributed by atoms with Crippen molar-refractivity contribution in [3.05, 3.63) is 70.7 Å². The van der Waals surface area contributed by atoms with Gasteiger partial charge in [0.25, 0.3) is 0 Å². The Morgan fingerprint density at radius 1 is 1.23 bits per heavy atom. The first-order valence-electron chi connectivity index (χ1n) is 8.55. The molecule has 1 saturated heterocycles. The lowest BCUT2D eigenvalue weighted by molar-refractivity contribution is -0.153. The average Bonchev–Trinajstić information content (AvgIpc) is 2.66. The van der Waals surface area contributed by atoms with E-state index in [1.54, 1.807) is 12.1 Å². The number of nitrogens with one attached hydrogen (secondary N) is 2. The predicted molar refractivity (Wildman–Crippen MR) is 99.8 cm³/mol. The number of halogens is 1. The maximum Gasteiger partial charge on any atom is 0.323 e. The Morgan fingerprint density at radius 2 is 1.92 bits per heavy atom. The number of amides is 1. The summed E-state index contributed by atoms with van der Waals surface area (Å²) in [6, 6.07) is 15.7. The topological polar surface area (TPSA) is 67.4 Å². The molecule has 1 amide bonds. The zero-order valence-electron chi connectivity index (χ0n) is 14.4. The van der Waals surface area contributed by atoms with E-state index >= 15 is 0 Å². The van der Waals surface area contributed by atoms with Crippen molar-refractivity contribution in [3.8, 4) is 0 Å². The van der Waals surface area contributed by atoms with Crippen LogP contribution in [0.15, 0.2) is 54.6 Å². The number of cyclic esters (lactones) is 1. The molecule has 0 radical (unpaired) electrons. The second-order valence-electron chi connectivity index (χ2n) is 6.37. The van der Waals surface area contributed by atoms with Crippen LogP contribution >= 0.6 is 11.6 Å². The van der Waals surface area contributed by atoms with Gasteiger partial charge in [0, 0.05) is 5.02 Å². The number of carbonyl (C=O) groups is 2. The van der Waals surface area contributed by atoms with Crippen LogP contribution in [0.2, 0.25) is 5.02 Å². The number of morpholine rings is 1. The lowest BCUT2D eigenvalue weighted by Crippen LogP contribution is -2.58. The van der Waals surface area contributed by atoms with Gasteiger partial charge in [-0.2, -0.15) is 0 Å². The molecule has 2 aromatic carbocycles. The van der Waals surface area contributed by atoms with Crippen molar-refractivity contribution in [2.45, 2.75) is 31.5 Å². The van der Waals surface area contributed by atoms with Gasteiger partial charge < -0.3 is 10.1 Å². The fourth-order valence-corrected chi connectivity index (χ4v) is 3.04. The minimum atomic E-state index is -0.573. The Kier molecular flexibility index (Phi) is 5.91. The third kappa shape index (κ3) is 4.62. The average molecular weight is 373 g/mol.